The Kier molecular flexibility index (Phi) is 5.81. The molecule has 2 amide bonds. The van der Waals surface area contributed by atoms with E-state index in [1.165, 1.54) is 6.07 Å². The first kappa shape index (κ1) is 20.0. The highest BCUT2D eigenvalue weighted by Gasteiger charge is 2.31. The number of nitrogens with one attached hydrogen (secondary N) is 2. The molecule has 3 rings (SSSR count). The van der Waals surface area contributed by atoms with Crippen molar-refractivity contribution in [1.82, 2.24) is 15.6 Å². The van der Waals surface area contributed by atoms with Crippen LogP contribution in [0.25, 0.3) is 0 Å². The number of amides is 2. The number of urea groups is 1. The molecule has 1 aliphatic rings. The zero-order valence-corrected chi connectivity index (χ0v) is 15.7. The Bertz CT molecular complexity index is 796. The van der Waals surface area contributed by atoms with Crippen LogP contribution in [0.2, 0.25) is 0 Å². The molecule has 2 aromatic heterocycles. The average Bonchev–Trinajstić information content (AvgIpc) is 3.08. The predicted octanol–water partition coefficient (Wildman–Crippen LogP) is 4.03. The number of pyridine rings is 1. The summed E-state index contributed by atoms with van der Waals surface area (Å²) < 4.78 is 43.4. The maximum absolute atomic E-state index is 12.6. The van der Waals surface area contributed by atoms with E-state index in [2.05, 4.69) is 15.6 Å². The number of hydrogen-bond acceptors (Lipinski definition) is 4. The molecule has 6 nitrogen and oxygen atoms in total. The van der Waals surface area contributed by atoms with E-state index >= 15 is 0 Å². The number of anilines is 1. The number of carbonyl (C=O) groups is 1. The Morgan fingerprint density at radius 2 is 1.96 bits per heavy atom. The van der Waals surface area contributed by atoms with E-state index < -0.39 is 11.7 Å². The summed E-state index contributed by atoms with van der Waals surface area (Å²) in [6.07, 6.45) is -2.17. The van der Waals surface area contributed by atoms with Gasteiger partial charge in [0.1, 0.15) is 17.3 Å². The summed E-state index contributed by atoms with van der Waals surface area (Å²) in [6.45, 7) is 4.90. The summed E-state index contributed by atoms with van der Waals surface area (Å²) in [5.74, 6) is 1.99. The highest BCUT2D eigenvalue weighted by atomic mass is 19.4. The zero-order valence-electron chi connectivity index (χ0n) is 15.7. The minimum absolute atomic E-state index is 0.00349. The quantitative estimate of drug-likeness (QED) is 0.819. The number of halogens is 3. The van der Waals surface area contributed by atoms with Crippen LogP contribution < -0.4 is 15.5 Å². The van der Waals surface area contributed by atoms with Crippen molar-refractivity contribution in [3.63, 3.8) is 0 Å². The van der Waals surface area contributed by atoms with Crippen LogP contribution in [0.3, 0.4) is 0 Å². The van der Waals surface area contributed by atoms with Crippen LogP contribution in [0, 0.1) is 6.92 Å². The van der Waals surface area contributed by atoms with Crippen LogP contribution in [0.1, 0.15) is 42.9 Å². The predicted molar refractivity (Wildman–Crippen MR) is 98.0 cm³/mol. The van der Waals surface area contributed by atoms with E-state index in [1.54, 1.807) is 0 Å². The number of aromatic nitrogens is 1. The van der Waals surface area contributed by atoms with Gasteiger partial charge in [0, 0.05) is 25.3 Å². The highest BCUT2D eigenvalue weighted by Crippen LogP contribution is 2.29. The molecule has 2 N–H and O–H groups in total. The van der Waals surface area contributed by atoms with E-state index in [4.69, 9.17) is 4.42 Å². The molecule has 0 radical (unpaired) electrons. The van der Waals surface area contributed by atoms with Crippen molar-refractivity contribution in [1.29, 1.82) is 0 Å². The lowest BCUT2D eigenvalue weighted by Gasteiger charge is -2.33. The van der Waals surface area contributed by atoms with Gasteiger partial charge in [-0.3, -0.25) is 0 Å². The zero-order chi connectivity index (χ0) is 20.3. The third kappa shape index (κ3) is 4.96. The topological polar surface area (TPSA) is 70.4 Å². The number of rotatable bonds is 4. The summed E-state index contributed by atoms with van der Waals surface area (Å²) in [7, 11) is 0. The second-order valence-electron chi connectivity index (χ2n) is 6.95. The number of nitrogens with zero attached hydrogens (tertiary/aromatic N) is 2. The van der Waals surface area contributed by atoms with Crippen molar-refractivity contribution in [2.45, 2.75) is 44.9 Å². The number of carbonyl (C=O) groups excluding carboxylic acids is 1. The third-order valence-corrected chi connectivity index (χ3v) is 4.76. The maximum Gasteiger partial charge on any atom is 0.417 e. The Morgan fingerprint density at radius 3 is 2.50 bits per heavy atom. The summed E-state index contributed by atoms with van der Waals surface area (Å²) in [5, 5.41) is 5.78. The summed E-state index contributed by atoms with van der Waals surface area (Å²) in [6, 6.07) is 5.58. The van der Waals surface area contributed by atoms with Crippen molar-refractivity contribution in [3.05, 3.63) is 47.5 Å². The molecule has 0 bridgehead atoms. The number of piperidine rings is 1. The molecule has 152 valence electrons. The van der Waals surface area contributed by atoms with E-state index in [9.17, 15) is 18.0 Å². The van der Waals surface area contributed by atoms with Crippen LogP contribution >= 0.6 is 0 Å². The molecule has 3 heterocycles. The molecule has 1 aliphatic heterocycles. The monoisotopic (exact) mass is 396 g/mol. The first-order valence-electron chi connectivity index (χ1n) is 9.14. The lowest BCUT2D eigenvalue weighted by molar-refractivity contribution is -0.137. The van der Waals surface area contributed by atoms with Crippen molar-refractivity contribution in [2.75, 3.05) is 18.0 Å². The summed E-state index contributed by atoms with van der Waals surface area (Å²) in [4.78, 5) is 18.0. The van der Waals surface area contributed by atoms with Gasteiger partial charge in [0.05, 0.1) is 11.6 Å². The average molecular weight is 396 g/mol. The van der Waals surface area contributed by atoms with Crippen molar-refractivity contribution in [2.24, 2.45) is 0 Å². The summed E-state index contributed by atoms with van der Waals surface area (Å²) >= 11 is 0. The Labute approximate surface area is 161 Å². The van der Waals surface area contributed by atoms with Gasteiger partial charge in [0.2, 0.25) is 0 Å². The fourth-order valence-corrected chi connectivity index (χ4v) is 3.17. The van der Waals surface area contributed by atoms with Gasteiger partial charge >= 0.3 is 12.2 Å². The van der Waals surface area contributed by atoms with Crippen LogP contribution in [0.4, 0.5) is 23.8 Å². The number of alkyl halides is 3. The minimum Gasteiger partial charge on any atom is -0.464 e. The SMILES string of the molecule is Cc1ccc(C(C)NC(=O)NC2CCN(c3ccc(C(F)(F)F)cn3)CC2)o1. The van der Waals surface area contributed by atoms with E-state index in [-0.39, 0.29) is 18.1 Å². The normalized spacial score (nSPS) is 16.7. The van der Waals surface area contributed by atoms with Crippen LogP contribution in [0.5, 0.6) is 0 Å². The lowest BCUT2D eigenvalue weighted by Crippen LogP contribution is -2.48. The van der Waals surface area contributed by atoms with E-state index in [0.717, 1.165) is 18.0 Å². The fourth-order valence-electron chi connectivity index (χ4n) is 3.17. The van der Waals surface area contributed by atoms with Gasteiger partial charge in [-0.2, -0.15) is 13.2 Å². The largest absolute Gasteiger partial charge is 0.464 e. The van der Waals surface area contributed by atoms with Crippen LogP contribution in [-0.2, 0) is 6.18 Å². The molecule has 0 aromatic carbocycles. The molecule has 2 aromatic rings. The van der Waals surface area contributed by atoms with Crippen molar-refractivity contribution in [3.8, 4) is 0 Å². The summed E-state index contributed by atoms with van der Waals surface area (Å²) in [5.41, 5.74) is -0.759. The molecule has 9 heteroatoms. The molecule has 28 heavy (non-hydrogen) atoms. The molecule has 1 unspecified atom stereocenters. The Morgan fingerprint density at radius 1 is 1.25 bits per heavy atom. The molecule has 0 spiro atoms. The second-order valence-corrected chi connectivity index (χ2v) is 6.95. The van der Waals surface area contributed by atoms with Crippen LogP contribution in [-0.4, -0.2) is 30.1 Å². The van der Waals surface area contributed by atoms with Crippen LogP contribution in [0.15, 0.2) is 34.9 Å². The Hall–Kier alpha value is -2.71. The molecule has 0 aliphatic carbocycles. The smallest absolute Gasteiger partial charge is 0.417 e. The van der Waals surface area contributed by atoms with Gasteiger partial charge < -0.3 is 20.0 Å². The second kappa shape index (κ2) is 8.12. The van der Waals surface area contributed by atoms with E-state index in [0.29, 0.717) is 37.5 Å². The standard InChI is InChI=1S/C19H23F3N4O2/c1-12-3-5-16(28-12)13(2)24-18(27)25-15-7-9-26(10-8-15)17-6-4-14(11-23-17)19(20,21)22/h3-6,11,13,15H,7-10H2,1-2H3,(H2,24,25,27). The molecular weight excluding hydrogens is 373 g/mol. The molecule has 1 fully saturated rings. The molecule has 1 atom stereocenters. The van der Waals surface area contributed by atoms with Gasteiger partial charge in [-0.25, -0.2) is 9.78 Å². The fraction of sp³-hybridized carbons (Fsp3) is 0.474. The maximum atomic E-state index is 12.6. The van der Waals surface area contributed by atoms with Crippen molar-refractivity contribution >= 4 is 11.8 Å². The highest BCUT2D eigenvalue weighted by molar-refractivity contribution is 5.74. The third-order valence-electron chi connectivity index (χ3n) is 4.76. The van der Waals surface area contributed by atoms with Gasteiger partial charge in [0.15, 0.2) is 0 Å². The number of furan rings is 1. The first-order chi connectivity index (χ1) is 13.2. The molecular formula is C19H23F3N4O2. The van der Waals surface area contributed by atoms with Gasteiger partial charge in [-0.15, -0.1) is 0 Å². The van der Waals surface area contributed by atoms with Crippen molar-refractivity contribution < 1.29 is 22.4 Å². The van der Waals surface area contributed by atoms with E-state index in [1.807, 2.05) is 30.9 Å². The van der Waals surface area contributed by atoms with Gasteiger partial charge in [-0.1, -0.05) is 0 Å². The molecule has 1 saturated heterocycles. The molecule has 0 saturated carbocycles. The number of hydrogen-bond donors (Lipinski definition) is 2. The minimum atomic E-state index is -4.39. The lowest BCUT2D eigenvalue weighted by atomic mass is 10.1. The van der Waals surface area contributed by atoms with Gasteiger partial charge in [-0.05, 0) is 51.0 Å². The number of aryl methyl sites for hydroxylation is 1. The Balaban J connectivity index is 1.46. The van der Waals surface area contributed by atoms with Gasteiger partial charge in [0.25, 0.3) is 0 Å². The first-order valence-corrected chi connectivity index (χ1v) is 9.14.